The SMILES string of the molecule is CCCCCCCCCCCCCCCCCCCCCCCCCCCCCCCC(CCCCCCCCCCCCCCCCCCCCCC)CCCCCCCCCCCCCCCCCCCCCCC. The largest absolute Gasteiger partial charge is 0.0654 e. The fraction of sp³-hybridized carbons (Fsp3) is 1.00. The minimum atomic E-state index is 1.03. The van der Waals surface area contributed by atoms with Crippen molar-refractivity contribution in [1.29, 1.82) is 0 Å². The number of unbranched alkanes of at least 4 members (excludes halogenated alkanes) is 67. The van der Waals surface area contributed by atoms with Gasteiger partial charge in [-0.25, -0.2) is 0 Å². The van der Waals surface area contributed by atoms with E-state index in [9.17, 15) is 0 Å². The lowest BCUT2D eigenvalue weighted by atomic mass is 9.89. The van der Waals surface area contributed by atoms with Gasteiger partial charge in [-0.1, -0.05) is 489 Å². The zero-order valence-corrected chi connectivity index (χ0v) is 55.2. The average molecular weight is 1080 g/mol. The van der Waals surface area contributed by atoms with Crippen LogP contribution in [-0.2, 0) is 0 Å². The van der Waals surface area contributed by atoms with E-state index in [1.165, 1.54) is 469 Å². The maximum atomic E-state index is 2.32. The molecule has 0 aromatic heterocycles. The molecule has 0 fully saturated rings. The van der Waals surface area contributed by atoms with Crippen LogP contribution in [0, 0.1) is 5.92 Å². The molecule has 0 N–H and O–H groups in total. The second kappa shape index (κ2) is 74.0. The average Bonchev–Trinajstić information content (AvgIpc) is 3.44. The lowest BCUT2D eigenvalue weighted by Gasteiger charge is -2.17. The van der Waals surface area contributed by atoms with Crippen LogP contribution in [0.5, 0.6) is 0 Å². The van der Waals surface area contributed by atoms with Crippen molar-refractivity contribution in [2.45, 2.75) is 489 Å². The van der Waals surface area contributed by atoms with Crippen molar-refractivity contribution in [1.82, 2.24) is 0 Å². The number of rotatable bonds is 73. The molecule has 0 heterocycles. The number of hydrogen-bond acceptors (Lipinski definition) is 0. The van der Waals surface area contributed by atoms with E-state index in [0.29, 0.717) is 0 Å². The van der Waals surface area contributed by atoms with Crippen molar-refractivity contribution in [3.05, 3.63) is 0 Å². The Morgan fingerprint density at radius 3 is 0.273 bits per heavy atom. The first kappa shape index (κ1) is 77.0. The predicted octanol–water partition coefficient (Wildman–Crippen LogP) is 30.1. The summed E-state index contributed by atoms with van der Waals surface area (Å²) in [5.41, 5.74) is 0. The second-order valence-electron chi connectivity index (χ2n) is 26.9. The third-order valence-electron chi connectivity index (χ3n) is 18.9. The molecular weight excluding hydrogens is 925 g/mol. The van der Waals surface area contributed by atoms with Crippen molar-refractivity contribution in [3.63, 3.8) is 0 Å². The summed E-state index contributed by atoms with van der Waals surface area (Å²) in [7, 11) is 0. The molecule has 1 atom stereocenters. The van der Waals surface area contributed by atoms with Gasteiger partial charge in [0.05, 0.1) is 0 Å². The van der Waals surface area contributed by atoms with Gasteiger partial charge >= 0.3 is 0 Å². The minimum Gasteiger partial charge on any atom is -0.0654 e. The third kappa shape index (κ3) is 72.1. The zero-order chi connectivity index (χ0) is 55.2. The van der Waals surface area contributed by atoms with Gasteiger partial charge in [-0.3, -0.25) is 0 Å². The normalized spacial score (nSPS) is 12.2. The van der Waals surface area contributed by atoms with Crippen molar-refractivity contribution in [2.24, 2.45) is 5.92 Å². The van der Waals surface area contributed by atoms with Gasteiger partial charge in [0.15, 0.2) is 0 Å². The van der Waals surface area contributed by atoms with Crippen molar-refractivity contribution in [2.75, 3.05) is 0 Å². The Morgan fingerprint density at radius 1 is 0.104 bits per heavy atom. The van der Waals surface area contributed by atoms with E-state index in [0.717, 1.165) is 5.92 Å². The van der Waals surface area contributed by atoms with E-state index in [-0.39, 0.29) is 0 Å². The molecule has 0 amide bonds. The van der Waals surface area contributed by atoms with Gasteiger partial charge < -0.3 is 0 Å². The van der Waals surface area contributed by atoms with Crippen LogP contribution in [-0.4, -0.2) is 0 Å². The molecule has 0 saturated heterocycles. The predicted molar refractivity (Wildman–Crippen MR) is 358 cm³/mol. The monoisotopic (exact) mass is 1080 g/mol. The smallest absolute Gasteiger partial charge is 0.0414 e. The molecule has 0 spiro atoms. The van der Waals surface area contributed by atoms with Gasteiger partial charge in [0.2, 0.25) is 0 Å². The third-order valence-corrected chi connectivity index (χ3v) is 18.9. The summed E-state index contributed by atoms with van der Waals surface area (Å²) >= 11 is 0. The summed E-state index contributed by atoms with van der Waals surface area (Å²) in [6.07, 6.45) is 109. The summed E-state index contributed by atoms with van der Waals surface area (Å²) in [5, 5.41) is 0. The minimum absolute atomic E-state index is 1.03. The van der Waals surface area contributed by atoms with Crippen LogP contribution in [0.4, 0.5) is 0 Å². The molecule has 77 heavy (non-hydrogen) atoms. The summed E-state index contributed by atoms with van der Waals surface area (Å²) in [5.74, 6) is 1.03. The fourth-order valence-corrected chi connectivity index (χ4v) is 13.3. The molecule has 0 nitrogen and oxygen atoms in total. The first-order chi connectivity index (χ1) is 38.3. The summed E-state index contributed by atoms with van der Waals surface area (Å²) in [4.78, 5) is 0. The van der Waals surface area contributed by atoms with Crippen LogP contribution in [0.2, 0.25) is 0 Å². The van der Waals surface area contributed by atoms with Crippen LogP contribution >= 0.6 is 0 Å². The summed E-state index contributed by atoms with van der Waals surface area (Å²) in [6.45, 7) is 6.97. The zero-order valence-electron chi connectivity index (χ0n) is 55.2. The summed E-state index contributed by atoms with van der Waals surface area (Å²) in [6, 6.07) is 0. The van der Waals surface area contributed by atoms with E-state index in [2.05, 4.69) is 20.8 Å². The second-order valence-corrected chi connectivity index (χ2v) is 26.9. The molecule has 0 rings (SSSR count). The van der Waals surface area contributed by atoms with E-state index < -0.39 is 0 Å². The van der Waals surface area contributed by atoms with Gasteiger partial charge in [0, 0.05) is 0 Å². The van der Waals surface area contributed by atoms with E-state index in [4.69, 9.17) is 0 Å². The van der Waals surface area contributed by atoms with Gasteiger partial charge in [0.1, 0.15) is 0 Å². The highest BCUT2D eigenvalue weighted by molar-refractivity contribution is 4.63. The number of hydrogen-bond donors (Lipinski definition) is 0. The molecule has 0 aliphatic rings. The Labute approximate surface area is 492 Å². The van der Waals surface area contributed by atoms with Crippen molar-refractivity contribution in [3.8, 4) is 0 Å². The molecule has 0 saturated carbocycles. The molecule has 0 aliphatic heterocycles. The van der Waals surface area contributed by atoms with Gasteiger partial charge in [0.25, 0.3) is 0 Å². The van der Waals surface area contributed by atoms with Gasteiger partial charge in [-0.05, 0) is 5.92 Å². The topological polar surface area (TPSA) is 0 Å². The Balaban J connectivity index is 3.95. The molecule has 1 unspecified atom stereocenters. The van der Waals surface area contributed by atoms with E-state index >= 15 is 0 Å². The molecular formula is C77H156. The highest BCUT2D eigenvalue weighted by atomic mass is 14.2. The van der Waals surface area contributed by atoms with Crippen molar-refractivity contribution >= 4 is 0 Å². The van der Waals surface area contributed by atoms with Gasteiger partial charge in [-0.2, -0.15) is 0 Å². The van der Waals surface area contributed by atoms with Crippen LogP contribution in [0.3, 0.4) is 0 Å². The highest BCUT2D eigenvalue weighted by Gasteiger charge is 2.09. The van der Waals surface area contributed by atoms with Crippen LogP contribution in [0.25, 0.3) is 0 Å². The van der Waals surface area contributed by atoms with E-state index in [1.54, 1.807) is 0 Å². The van der Waals surface area contributed by atoms with Crippen LogP contribution < -0.4 is 0 Å². The molecule has 0 aromatic rings. The van der Waals surface area contributed by atoms with E-state index in [1.807, 2.05) is 0 Å². The molecule has 464 valence electrons. The fourth-order valence-electron chi connectivity index (χ4n) is 13.3. The Kier molecular flexibility index (Phi) is 74.0. The van der Waals surface area contributed by atoms with Gasteiger partial charge in [-0.15, -0.1) is 0 Å². The summed E-state index contributed by atoms with van der Waals surface area (Å²) < 4.78 is 0. The maximum Gasteiger partial charge on any atom is -0.0414 e. The molecule has 0 heteroatoms. The van der Waals surface area contributed by atoms with Crippen LogP contribution in [0.15, 0.2) is 0 Å². The first-order valence-electron chi connectivity index (χ1n) is 38.3. The lowest BCUT2D eigenvalue weighted by Crippen LogP contribution is -2.01. The first-order valence-corrected chi connectivity index (χ1v) is 38.3. The molecule has 0 radical (unpaired) electrons. The molecule has 0 aromatic carbocycles. The van der Waals surface area contributed by atoms with Crippen LogP contribution in [0.1, 0.15) is 489 Å². The Morgan fingerprint density at radius 2 is 0.182 bits per heavy atom. The standard InChI is InChI=1S/C77H156/c1-4-7-10-13-16-19-22-25-28-31-34-37-38-39-40-41-42-43-44-46-49-52-55-58-61-64-67-70-73-76-77(74-71-68-65-62-59-56-53-50-47-36-33-30-27-24-21-18-15-12-9-6-3)75-72-69-66-63-60-57-54-51-48-45-35-32-29-26-23-20-17-14-11-8-5-2/h77H,4-76H2,1-3H3. The van der Waals surface area contributed by atoms with Crippen molar-refractivity contribution < 1.29 is 0 Å². The molecule has 0 aliphatic carbocycles. The lowest BCUT2D eigenvalue weighted by molar-refractivity contribution is 0.365. The quantitative estimate of drug-likeness (QED) is 0.0533. The Bertz CT molecular complexity index is 950. The molecule has 0 bridgehead atoms. The Hall–Kier alpha value is 0. The maximum absolute atomic E-state index is 2.32. The highest BCUT2D eigenvalue weighted by Crippen LogP contribution is 2.26.